The number of benzene rings is 10. The topological polar surface area (TPSA) is 182 Å². The van der Waals surface area contributed by atoms with Crippen LogP contribution in [0.1, 0.15) is 177 Å². The van der Waals surface area contributed by atoms with Crippen LogP contribution >= 0.6 is 0 Å². The molecule has 0 bridgehead atoms. The van der Waals surface area contributed by atoms with E-state index in [0.29, 0.717) is 89.0 Å². The maximum atomic E-state index is 12.7. The summed E-state index contributed by atoms with van der Waals surface area (Å²) in [5, 5.41) is 107. The quantitative estimate of drug-likeness (QED) is 0.0401. The summed E-state index contributed by atoms with van der Waals surface area (Å²) in [6, 6.07) is 45.5. The van der Waals surface area contributed by atoms with Crippen molar-refractivity contribution in [2.45, 2.75) is 146 Å². The van der Waals surface area contributed by atoms with Gasteiger partial charge in [0.15, 0.2) is 0 Å². The van der Waals surface area contributed by atoms with Gasteiger partial charge in [-0.3, -0.25) is 0 Å². The molecule has 0 radical (unpaired) electrons. The van der Waals surface area contributed by atoms with Crippen LogP contribution in [0.2, 0.25) is 0 Å². The molecule has 0 spiro atoms. The van der Waals surface area contributed by atoms with Crippen molar-refractivity contribution in [2.24, 2.45) is 0 Å². The van der Waals surface area contributed by atoms with Crippen LogP contribution in [0.5, 0.6) is 51.7 Å². The zero-order chi connectivity index (χ0) is 65.9. The minimum atomic E-state index is -1.13. The van der Waals surface area contributed by atoms with E-state index in [2.05, 4.69) is 45.0 Å². The third-order valence-corrected chi connectivity index (χ3v) is 19.1. The Morgan fingerprint density at radius 3 is 0.736 bits per heavy atom. The van der Waals surface area contributed by atoms with Gasteiger partial charge in [-0.05, 0) is 211 Å². The number of phenols is 9. The fourth-order valence-corrected chi connectivity index (χ4v) is 13.9. The van der Waals surface area contributed by atoms with E-state index < -0.39 is 10.8 Å². The predicted octanol–water partition coefficient (Wildman–Crippen LogP) is 17.7. The molecule has 0 saturated carbocycles. The van der Waals surface area contributed by atoms with Crippen molar-refractivity contribution < 1.29 is 46.0 Å². The highest BCUT2D eigenvalue weighted by molar-refractivity contribution is 5.63. The van der Waals surface area contributed by atoms with Crippen molar-refractivity contribution in [1.82, 2.24) is 0 Å². The molecule has 0 saturated heterocycles. The number of aryl methyl sites for hydroxylation is 11. The lowest BCUT2D eigenvalue weighted by Crippen LogP contribution is -2.27. The van der Waals surface area contributed by atoms with E-state index in [1.165, 1.54) is 0 Å². The fourth-order valence-electron chi connectivity index (χ4n) is 13.9. The highest BCUT2D eigenvalue weighted by Gasteiger charge is 2.36. The summed E-state index contributed by atoms with van der Waals surface area (Å²) in [5.74, 6) is 1.01. The van der Waals surface area contributed by atoms with Gasteiger partial charge in [-0.15, -0.1) is 0 Å². The van der Waals surface area contributed by atoms with Gasteiger partial charge in [0, 0.05) is 49.4 Å². The van der Waals surface area contributed by atoms with Crippen LogP contribution < -0.4 is 0 Å². The second kappa shape index (κ2) is 25.0. The van der Waals surface area contributed by atoms with Gasteiger partial charge in [0.2, 0.25) is 0 Å². The average molecular weight is 1220 g/mol. The van der Waals surface area contributed by atoms with E-state index in [0.717, 1.165) is 66.8 Å². The van der Waals surface area contributed by atoms with Crippen LogP contribution in [0, 0.1) is 76.2 Å². The molecule has 91 heavy (non-hydrogen) atoms. The van der Waals surface area contributed by atoms with Crippen molar-refractivity contribution >= 4 is 0 Å². The molecule has 1 unspecified atom stereocenters. The number of phenolic OH excluding ortho intramolecular Hbond substituents is 9. The summed E-state index contributed by atoms with van der Waals surface area (Å²) in [5.41, 5.74) is 18.8. The third-order valence-electron chi connectivity index (χ3n) is 19.1. The first-order chi connectivity index (χ1) is 42.9. The lowest BCUT2D eigenvalue weighted by molar-refractivity contribution is 0.452. The molecule has 0 aliphatic carbocycles. The fraction of sp³-hybridized carbons (Fsp3) is 0.268. The van der Waals surface area contributed by atoms with Gasteiger partial charge in [0.1, 0.15) is 51.7 Å². The lowest BCUT2D eigenvalue weighted by atomic mass is 9.68. The molecule has 9 nitrogen and oxygen atoms in total. The maximum Gasteiger partial charge on any atom is 0.122 e. The van der Waals surface area contributed by atoms with Crippen molar-refractivity contribution in [3.63, 3.8) is 0 Å². The Morgan fingerprint density at radius 2 is 0.451 bits per heavy atom. The lowest BCUT2D eigenvalue weighted by Gasteiger charge is -2.35. The molecule has 10 rings (SSSR count). The molecular formula is C82H86O9. The number of rotatable bonds is 17. The Bertz CT molecular complexity index is 4350. The molecule has 9 heteroatoms. The second-order valence-electron chi connectivity index (χ2n) is 26.8. The van der Waals surface area contributed by atoms with Crippen molar-refractivity contribution in [1.29, 1.82) is 0 Å². The Labute approximate surface area is 536 Å². The molecule has 1 atom stereocenters. The Balaban J connectivity index is 1.22. The monoisotopic (exact) mass is 1210 g/mol. The van der Waals surface area contributed by atoms with Crippen LogP contribution in [0.4, 0.5) is 0 Å². The van der Waals surface area contributed by atoms with Gasteiger partial charge in [0.25, 0.3) is 0 Å². The second-order valence-corrected chi connectivity index (χ2v) is 26.8. The molecule has 0 fully saturated rings. The summed E-state index contributed by atoms with van der Waals surface area (Å²) in [4.78, 5) is 0. The number of hydrogen-bond acceptors (Lipinski definition) is 9. The van der Waals surface area contributed by atoms with Crippen LogP contribution in [0.25, 0.3) is 0 Å². The van der Waals surface area contributed by atoms with E-state index in [1.807, 2.05) is 191 Å². The summed E-state index contributed by atoms with van der Waals surface area (Å²) in [7, 11) is 0. The minimum absolute atomic E-state index is 0.0264. The molecule has 9 N–H and O–H groups in total. The molecule has 0 heterocycles. The van der Waals surface area contributed by atoms with Gasteiger partial charge in [-0.2, -0.15) is 0 Å². The number of aromatic hydroxyl groups is 9. The van der Waals surface area contributed by atoms with Crippen molar-refractivity contribution in [3.8, 4) is 51.7 Å². The van der Waals surface area contributed by atoms with Gasteiger partial charge < -0.3 is 46.0 Å². The van der Waals surface area contributed by atoms with Crippen molar-refractivity contribution in [3.05, 3.63) is 295 Å². The first kappa shape index (κ1) is 64.4. The predicted molar refractivity (Wildman–Crippen MR) is 366 cm³/mol. The van der Waals surface area contributed by atoms with E-state index in [1.54, 1.807) is 0 Å². The van der Waals surface area contributed by atoms with Gasteiger partial charge in [0.05, 0.1) is 0 Å². The maximum absolute atomic E-state index is 12.7. The normalized spacial score (nSPS) is 12.4. The van der Waals surface area contributed by atoms with E-state index in [9.17, 15) is 46.0 Å². The zero-order valence-corrected chi connectivity index (χ0v) is 55.0. The molecule has 0 aromatic heterocycles. The Hall–Kier alpha value is -9.60. The highest BCUT2D eigenvalue weighted by atomic mass is 16.3. The molecule has 0 aliphatic rings. The minimum Gasteiger partial charge on any atom is -0.507 e. The van der Waals surface area contributed by atoms with Crippen molar-refractivity contribution in [2.75, 3.05) is 0 Å². The third kappa shape index (κ3) is 12.8. The molecule has 10 aromatic rings. The number of para-hydroxylation sites is 1. The molecule has 468 valence electrons. The molecule has 0 amide bonds. The largest absolute Gasteiger partial charge is 0.507 e. The van der Waals surface area contributed by atoms with Gasteiger partial charge in [-0.25, -0.2) is 0 Å². The average Bonchev–Trinajstić information content (AvgIpc) is 0.746. The molecular weight excluding hydrogens is 1130 g/mol. The van der Waals surface area contributed by atoms with Gasteiger partial charge in [-0.1, -0.05) is 181 Å². The molecule has 10 aromatic carbocycles. The summed E-state index contributed by atoms with van der Waals surface area (Å²) < 4.78 is 0. The van der Waals surface area contributed by atoms with Crippen LogP contribution in [0.15, 0.2) is 140 Å². The molecule has 0 aliphatic heterocycles. The summed E-state index contributed by atoms with van der Waals surface area (Å²) >= 11 is 0. The number of hydrogen-bond donors (Lipinski definition) is 9. The Kier molecular flexibility index (Phi) is 17.7. The zero-order valence-electron chi connectivity index (χ0n) is 55.0. The van der Waals surface area contributed by atoms with Crippen LogP contribution in [0.3, 0.4) is 0 Å². The summed E-state index contributed by atoms with van der Waals surface area (Å²) in [6.07, 6.45) is 1.15. The Morgan fingerprint density at radius 1 is 0.220 bits per heavy atom. The van der Waals surface area contributed by atoms with E-state index in [-0.39, 0.29) is 90.3 Å². The van der Waals surface area contributed by atoms with Crippen LogP contribution in [-0.4, -0.2) is 46.0 Å². The first-order valence-electron chi connectivity index (χ1n) is 31.3. The highest BCUT2D eigenvalue weighted by Crippen LogP contribution is 2.48. The van der Waals surface area contributed by atoms with E-state index in [4.69, 9.17) is 0 Å². The SMILES string of the molecule is Cc1cc(C)c(O)c(Cc2cc(C(C)(C)c3ccc(C(C)(c4cc(Cc5cccc(C)c5O)c(O)c(Cc5cc(C)cc(C)c5O)c4)c4cc(Cc5cc(C)cc(C)c5O)c(O)c(Cc5cc(C)cc(C)c5O)c4)cc3)cc(Cc3cc(C)cc(C)c3O)c2O)c1. The van der Waals surface area contributed by atoms with E-state index >= 15 is 0 Å². The summed E-state index contributed by atoms with van der Waals surface area (Å²) in [6.45, 7) is 27.5. The van der Waals surface area contributed by atoms with Gasteiger partial charge >= 0.3 is 0 Å². The van der Waals surface area contributed by atoms with Crippen LogP contribution in [-0.2, 0) is 49.4 Å². The smallest absolute Gasteiger partial charge is 0.122 e. The first-order valence-corrected chi connectivity index (χ1v) is 31.3. The standard InChI is InChI=1S/C82H86O9/c1-44-22-50(7)73(84)56(27-44)33-62-38-69(39-63(79(62)90)34-57-28-45(2)23-51(8)74(57)85)81(12,13)67-18-20-68(21-19-67)82(14,70-40-61(32-55-17-15-16-49(6)72(55)83)78(89)64(41-70)35-58-29-46(3)24-52(9)75(58)86)71-42-65(36-59-30-47(4)25-53(10)76(59)87)80(91)66(43-71)37-60-31-48(5)26-54(11)77(60)88/h15-31,38-43,83-91H,32-37H2,1-14H3.